The number of anilines is 1. The van der Waals surface area contributed by atoms with Crippen molar-refractivity contribution >= 4 is 5.82 Å². The highest BCUT2D eigenvalue weighted by Crippen LogP contribution is 2.23. The summed E-state index contributed by atoms with van der Waals surface area (Å²) in [6.07, 6.45) is 7.93. The highest BCUT2D eigenvalue weighted by Gasteiger charge is 2.17. The van der Waals surface area contributed by atoms with Crippen molar-refractivity contribution in [2.45, 2.75) is 44.8 Å². The molecule has 2 fully saturated rings. The monoisotopic (exact) mass is 344 g/mol. The fraction of sp³-hybridized carbons (Fsp3) is 0.611. The SMILES string of the molecule is c1cc(-c2noc(COCC3CCCO3)n2)cc(N2CCCCC2)n1. The van der Waals surface area contributed by atoms with Crippen LogP contribution in [0.1, 0.15) is 38.0 Å². The Morgan fingerprint density at radius 1 is 1.20 bits per heavy atom. The lowest BCUT2D eigenvalue weighted by Crippen LogP contribution is -2.30. The minimum atomic E-state index is 0.203. The maximum Gasteiger partial charge on any atom is 0.252 e. The van der Waals surface area contributed by atoms with E-state index in [0.29, 0.717) is 24.9 Å². The number of rotatable bonds is 6. The molecular formula is C18H24N4O3. The summed E-state index contributed by atoms with van der Waals surface area (Å²) in [5.74, 6) is 2.05. The molecule has 2 aliphatic rings. The van der Waals surface area contributed by atoms with Gasteiger partial charge in [0.05, 0.1) is 12.7 Å². The van der Waals surface area contributed by atoms with Crippen LogP contribution in [0.15, 0.2) is 22.9 Å². The van der Waals surface area contributed by atoms with Gasteiger partial charge in [0, 0.05) is 31.5 Å². The molecule has 7 heteroatoms. The van der Waals surface area contributed by atoms with Gasteiger partial charge in [0.2, 0.25) is 5.82 Å². The molecule has 4 heterocycles. The second-order valence-electron chi connectivity index (χ2n) is 6.61. The first kappa shape index (κ1) is 16.5. The Morgan fingerprint density at radius 3 is 2.96 bits per heavy atom. The Balaban J connectivity index is 1.37. The molecule has 2 aromatic heterocycles. The van der Waals surface area contributed by atoms with Crippen LogP contribution in [0.4, 0.5) is 5.82 Å². The first-order chi connectivity index (χ1) is 12.4. The van der Waals surface area contributed by atoms with Crippen molar-refractivity contribution in [2.75, 3.05) is 31.2 Å². The van der Waals surface area contributed by atoms with E-state index >= 15 is 0 Å². The van der Waals surface area contributed by atoms with Crippen molar-refractivity contribution in [3.63, 3.8) is 0 Å². The molecule has 0 bridgehead atoms. The first-order valence-electron chi connectivity index (χ1n) is 9.12. The Labute approximate surface area is 147 Å². The van der Waals surface area contributed by atoms with Crippen LogP contribution in [0.5, 0.6) is 0 Å². The number of aromatic nitrogens is 3. The van der Waals surface area contributed by atoms with Gasteiger partial charge in [0.1, 0.15) is 12.4 Å². The Kier molecular flexibility index (Phi) is 5.22. The van der Waals surface area contributed by atoms with Crippen LogP contribution < -0.4 is 4.90 Å². The molecule has 0 spiro atoms. The first-order valence-corrected chi connectivity index (χ1v) is 9.12. The Bertz CT molecular complexity index is 678. The minimum Gasteiger partial charge on any atom is -0.376 e. The standard InChI is InChI=1S/C18H24N4O3/c1-2-8-22(9-3-1)16-11-14(6-7-19-16)18-20-17(25-21-18)13-23-12-15-5-4-10-24-15/h6-7,11,15H,1-5,8-10,12-13H2. The Hall–Kier alpha value is -1.99. The summed E-state index contributed by atoms with van der Waals surface area (Å²) in [7, 11) is 0. The largest absolute Gasteiger partial charge is 0.376 e. The number of piperidine rings is 1. The third kappa shape index (κ3) is 4.16. The van der Waals surface area contributed by atoms with Gasteiger partial charge in [-0.1, -0.05) is 5.16 Å². The van der Waals surface area contributed by atoms with Crippen molar-refractivity contribution in [2.24, 2.45) is 0 Å². The van der Waals surface area contributed by atoms with Crippen LogP contribution in [0, 0.1) is 0 Å². The average Bonchev–Trinajstić information content (AvgIpc) is 3.35. The number of pyridine rings is 1. The van der Waals surface area contributed by atoms with Crippen LogP contribution in [-0.4, -0.2) is 47.5 Å². The summed E-state index contributed by atoms with van der Waals surface area (Å²) >= 11 is 0. The van der Waals surface area contributed by atoms with E-state index in [4.69, 9.17) is 14.0 Å². The van der Waals surface area contributed by atoms with Gasteiger partial charge in [0.25, 0.3) is 5.89 Å². The van der Waals surface area contributed by atoms with E-state index in [0.717, 1.165) is 43.9 Å². The smallest absolute Gasteiger partial charge is 0.252 e. The molecule has 2 aromatic rings. The van der Waals surface area contributed by atoms with Gasteiger partial charge in [-0.2, -0.15) is 4.98 Å². The minimum absolute atomic E-state index is 0.203. The second-order valence-corrected chi connectivity index (χ2v) is 6.61. The summed E-state index contributed by atoms with van der Waals surface area (Å²) in [5, 5.41) is 4.08. The second kappa shape index (κ2) is 7.93. The molecule has 0 saturated carbocycles. The lowest BCUT2D eigenvalue weighted by atomic mass is 10.1. The molecule has 0 aliphatic carbocycles. The third-order valence-corrected chi connectivity index (χ3v) is 4.71. The maximum atomic E-state index is 5.63. The van der Waals surface area contributed by atoms with Crippen molar-refractivity contribution in [3.8, 4) is 11.4 Å². The van der Waals surface area contributed by atoms with Gasteiger partial charge in [-0.25, -0.2) is 4.98 Å². The van der Waals surface area contributed by atoms with E-state index in [9.17, 15) is 0 Å². The number of hydrogen-bond acceptors (Lipinski definition) is 7. The Morgan fingerprint density at radius 2 is 2.12 bits per heavy atom. The summed E-state index contributed by atoms with van der Waals surface area (Å²) in [6, 6.07) is 3.95. The predicted molar refractivity (Wildman–Crippen MR) is 92.2 cm³/mol. The average molecular weight is 344 g/mol. The third-order valence-electron chi connectivity index (χ3n) is 4.71. The zero-order chi connectivity index (χ0) is 16.9. The molecule has 0 radical (unpaired) electrons. The molecule has 0 aromatic carbocycles. The van der Waals surface area contributed by atoms with Crippen LogP contribution in [0.25, 0.3) is 11.4 Å². The summed E-state index contributed by atoms with van der Waals surface area (Å²) < 4.78 is 16.5. The van der Waals surface area contributed by atoms with Crippen molar-refractivity contribution in [1.82, 2.24) is 15.1 Å². The molecule has 2 aliphatic heterocycles. The van der Waals surface area contributed by atoms with E-state index in [1.165, 1.54) is 19.3 Å². The lowest BCUT2D eigenvalue weighted by Gasteiger charge is -2.27. The zero-order valence-electron chi connectivity index (χ0n) is 14.4. The van der Waals surface area contributed by atoms with Gasteiger partial charge < -0.3 is 18.9 Å². The van der Waals surface area contributed by atoms with E-state index in [-0.39, 0.29) is 6.10 Å². The number of nitrogens with zero attached hydrogens (tertiary/aromatic N) is 4. The molecular weight excluding hydrogens is 320 g/mol. The topological polar surface area (TPSA) is 73.5 Å². The molecule has 2 saturated heterocycles. The molecule has 1 atom stereocenters. The van der Waals surface area contributed by atoms with E-state index in [1.807, 2.05) is 18.3 Å². The van der Waals surface area contributed by atoms with E-state index in [1.54, 1.807) is 0 Å². The summed E-state index contributed by atoms with van der Waals surface area (Å²) in [6.45, 7) is 3.85. The van der Waals surface area contributed by atoms with Crippen LogP contribution in [-0.2, 0) is 16.1 Å². The zero-order valence-corrected chi connectivity index (χ0v) is 14.4. The predicted octanol–water partition coefficient (Wildman–Crippen LogP) is 2.82. The van der Waals surface area contributed by atoms with Gasteiger partial charge in [-0.05, 0) is 44.2 Å². The summed E-state index contributed by atoms with van der Waals surface area (Å²) in [4.78, 5) is 11.2. The molecule has 7 nitrogen and oxygen atoms in total. The fourth-order valence-electron chi connectivity index (χ4n) is 3.34. The molecule has 25 heavy (non-hydrogen) atoms. The van der Waals surface area contributed by atoms with E-state index < -0.39 is 0 Å². The highest BCUT2D eigenvalue weighted by atomic mass is 16.5. The lowest BCUT2D eigenvalue weighted by molar-refractivity contribution is 0.00325. The van der Waals surface area contributed by atoms with Crippen molar-refractivity contribution in [1.29, 1.82) is 0 Å². The number of hydrogen-bond donors (Lipinski definition) is 0. The maximum absolute atomic E-state index is 5.63. The van der Waals surface area contributed by atoms with Gasteiger partial charge >= 0.3 is 0 Å². The van der Waals surface area contributed by atoms with Crippen molar-refractivity contribution in [3.05, 3.63) is 24.2 Å². The highest BCUT2D eigenvalue weighted by molar-refractivity contribution is 5.59. The van der Waals surface area contributed by atoms with Gasteiger partial charge in [-0.15, -0.1) is 0 Å². The molecule has 4 rings (SSSR count). The van der Waals surface area contributed by atoms with Gasteiger partial charge in [0.15, 0.2) is 0 Å². The normalized spacial score (nSPS) is 21.0. The molecule has 0 amide bonds. The molecule has 1 unspecified atom stereocenters. The van der Waals surface area contributed by atoms with Crippen LogP contribution >= 0.6 is 0 Å². The number of ether oxygens (including phenoxy) is 2. The van der Waals surface area contributed by atoms with Crippen LogP contribution in [0.3, 0.4) is 0 Å². The molecule has 0 N–H and O–H groups in total. The fourth-order valence-corrected chi connectivity index (χ4v) is 3.34. The quantitative estimate of drug-likeness (QED) is 0.797. The molecule has 134 valence electrons. The van der Waals surface area contributed by atoms with Crippen LogP contribution in [0.2, 0.25) is 0 Å². The van der Waals surface area contributed by atoms with Crippen molar-refractivity contribution < 1.29 is 14.0 Å². The van der Waals surface area contributed by atoms with Gasteiger partial charge in [-0.3, -0.25) is 0 Å². The van der Waals surface area contributed by atoms with E-state index in [2.05, 4.69) is 20.0 Å². The summed E-state index contributed by atoms with van der Waals surface area (Å²) in [5.41, 5.74) is 0.921.